The molecule has 1 atom stereocenters. The summed E-state index contributed by atoms with van der Waals surface area (Å²) in [6.45, 7) is 6.46. The lowest BCUT2D eigenvalue weighted by Gasteiger charge is -2.19. The molecule has 0 saturated carbocycles. The maximum atomic E-state index is 5.21. The van der Waals surface area contributed by atoms with Crippen molar-refractivity contribution in [3.63, 3.8) is 0 Å². The normalized spacial score (nSPS) is 11.6. The first-order valence-electron chi connectivity index (χ1n) is 5.58. The molecule has 0 aromatic heterocycles. The van der Waals surface area contributed by atoms with Crippen LogP contribution in [-0.2, 0) is 0 Å². The van der Waals surface area contributed by atoms with E-state index >= 15 is 0 Å². The first-order chi connectivity index (χ1) is 8.17. The molecule has 0 heterocycles. The number of nitrogens with one attached hydrogen (secondary N) is 2. The van der Waals surface area contributed by atoms with E-state index in [1.54, 1.807) is 6.08 Å². The zero-order chi connectivity index (χ0) is 12.7. The van der Waals surface area contributed by atoms with E-state index in [0.717, 1.165) is 10.9 Å². The van der Waals surface area contributed by atoms with Crippen molar-refractivity contribution in [2.45, 2.75) is 19.4 Å². The van der Waals surface area contributed by atoms with Gasteiger partial charge in [-0.15, -0.1) is 6.58 Å². The third-order valence-electron chi connectivity index (χ3n) is 2.39. The highest BCUT2D eigenvalue weighted by Gasteiger charge is 2.09. The van der Waals surface area contributed by atoms with E-state index in [1.807, 2.05) is 12.1 Å². The number of halogens is 1. The lowest BCUT2D eigenvalue weighted by atomic mass is 10.1. The molecule has 1 aromatic carbocycles. The first-order valence-corrected chi connectivity index (χ1v) is 6.78. The second-order valence-corrected chi connectivity index (χ2v) is 4.98. The van der Waals surface area contributed by atoms with Gasteiger partial charge in [0, 0.05) is 11.0 Å². The van der Waals surface area contributed by atoms with Crippen molar-refractivity contribution in [2.24, 2.45) is 0 Å². The van der Waals surface area contributed by atoms with Gasteiger partial charge in [0.15, 0.2) is 5.11 Å². The Morgan fingerprint density at radius 1 is 1.47 bits per heavy atom. The van der Waals surface area contributed by atoms with E-state index in [9.17, 15) is 0 Å². The van der Waals surface area contributed by atoms with Gasteiger partial charge < -0.3 is 10.6 Å². The Balaban J connectivity index is 2.62. The van der Waals surface area contributed by atoms with E-state index in [1.165, 1.54) is 5.56 Å². The average Bonchev–Trinajstić information content (AvgIpc) is 2.34. The highest BCUT2D eigenvalue weighted by Crippen LogP contribution is 2.19. The third kappa shape index (κ3) is 4.88. The molecule has 0 aliphatic carbocycles. The molecule has 0 saturated heterocycles. The summed E-state index contributed by atoms with van der Waals surface area (Å²) < 4.78 is 1.09. The largest absolute Gasteiger partial charge is 0.359 e. The molecule has 2 nitrogen and oxygen atoms in total. The number of thiocarbonyl (C=S) groups is 1. The predicted octanol–water partition coefficient (Wildman–Crippen LogP) is 3.55. The molecule has 0 spiro atoms. The first kappa shape index (κ1) is 14.2. The zero-order valence-electron chi connectivity index (χ0n) is 9.87. The van der Waals surface area contributed by atoms with E-state index < -0.39 is 0 Å². The molecular weight excluding hydrogens is 296 g/mol. The van der Waals surface area contributed by atoms with Crippen LogP contribution >= 0.6 is 28.1 Å². The monoisotopic (exact) mass is 312 g/mol. The highest BCUT2D eigenvalue weighted by atomic mass is 79.9. The summed E-state index contributed by atoms with van der Waals surface area (Å²) in [6, 6.07) is 8.52. The number of rotatable bonds is 5. The van der Waals surface area contributed by atoms with Gasteiger partial charge in [-0.1, -0.05) is 41.1 Å². The Labute approximate surface area is 117 Å². The van der Waals surface area contributed by atoms with Gasteiger partial charge in [-0.25, -0.2) is 0 Å². The van der Waals surface area contributed by atoms with E-state index in [0.29, 0.717) is 11.7 Å². The number of benzene rings is 1. The molecule has 0 aliphatic rings. The van der Waals surface area contributed by atoms with Crippen LogP contribution in [-0.4, -0.2) is 11.7 Å². The minimum Gasteiger partial charge on any atom is -0.359 e. The lowest BCUT2D eigenvalue weighted by Crippen LogP contribution is -2.37. The van der Waals surface area contributed by atoms with Gasteiger partial charge in [0.25, 0.3) is 0 Å². The van der Waals surface area contributed by atoms with Crippen LogP contribution in [0.4, 0.5) is 0 Å². The van der Waals surface area contributed by atoms with Gasteiger partial charge in [-0.05, 0) is 36.3 Å². The van der Waals surface area contributed by atoms with E-state index in [2.05, 4.69) is 52.2 Å². The highest BCUT2D eigenvalue weighted by molar-refractivity contribution is 9.10. The summed E-state index contributed by atoms with van der Waals surface area (Å²) in [5.41, 5.74) is 1.23. The molecule has 0 bridgehead atoms. The SMILES string of the molecule is C=CCNC(=S)N[C@H](CC)c1ccc(Br)cc1. The maximum absolute atomic E-state index is 5.21. The molecule has 0 radical (unpaired) electrons. The molecule has 0 amide bonds. The predicted molar refractivity (Wildman–Crippen MR) is 81.1 cm³/mol. The van der Waals surface area contributed by atoms with Crippen molar-refractivity contribution >= 4 is 33.3 Å². The zero-order valence-corrected chi connectivity index (χ0v) is 12.3. The van der Waals surface area contributed by atoms with Crippen molar-refractivity contribution in [2.75, 3.05) is 6.54 Å². The van der Waals surface area contributed by atoms with E-state index in [4.69, 9.17) is 12.2 Å². The summed E-state index contributed by atoms with van der Waals surface area (Å²) in [5.74, 6) is 0. The van der Waals surface area contributed by atoms with Crippen molar-refractivity contribution in [1.29, 1.82) is 0 Å². The quantitative estimate of drug-likeness (QED) is 0.642. The van der Waals surface area contributed by atoms with Crippen LogP contribution < -0.4 is 10.6 Å². The van der Waals surface area contributed by atoms with Gasteiger partial charge in [-0.2, -0.15) is 0 Å². The standard InChI is InChI=1S/C13H17BrN2S/c1-3-9-15-13(17)16-12(4-2)10-5-7-11(14)8-6-10/h3,5-8,12H,1,4,9H2,2H3,(H2,15,16,17)/t12-/m1/s1. The lowest BCUT2D eigenvalue weighted by molar-refractivity contribution is 0.619. The molecule has 1 aromatic rings. The molecule has 1 rings (SSSR count). The van der Waals surface area contributed by atoms with Gasteiger partial charge in [0.1, 0.15) is 0 Å². The maximum Gasteiger partial charge on any atom is 0.167 e. The van der Waals surface area contributed by atoms with Crippen molar-refractivity contribution < 1.29 is 0 Å². The van der Waals surface area contributed by atoms with Gasteiger partial charge in [0.2, 0.25) is 0 Å². The second kappa shape index (κ2) is 7.45. The fraction of sp³-hybridized carbons (Fsp3) is 0.308. The third-order valence-corrected chi connectivity index (χ3v) is 3.18. The van der Waals surface area contributed by atoms with Crippen LogP contribution in [0.15, 0.2) is 41.4 Å². The van der Waals surface area contributed by atoms with Crippen LogP contribution in [0.1, 0.15) is 24.9 Å². The van der Waals surface area contributed by atoms with E-state index in [-0.39, 0.29) is 6.04 Å². The topological polar surface area (TPSA) is 24.1 Å². The molecule has 0 unspecified atom stereocenters. The minimum absolute atomic E-state index is 0.243. The average molecular weight is 313 g/mol. The molecule has 0 fully saturated rings. The summed E-state index contributed by atoms with van der Waals surface area (Å²) in [5, 5.41) is 7.03. The summed E-state index contributed by atoms with van der Waals surface area (Å²) in [7, 11) is 0. The van der Waals surface area contributed by atoms with Crippen molar-refractivity contribution in [3.05, 3.63) is 47.0 Å². The summed E-state index contributed by atoms with van der Waals surface area (Å²) in [4.78, 5) is 0. The minimum atomic E-state index is 0.243. The van der Waals surface area contributed by atoms with Gasteiger partial charge in [0.05, 0.1) is 6.04 Å². The summed E-state index contributed by atoms with van der Waals surface area (Å²) in [6.07, 6.45) is 2.77. The molecule has 92 valence electrons. The Kier molecular flexibility index (Phi) is 6.22. The van der Waals surface area contributed by atoms with Crippen molar-refractivity contribution in [3.8, 4) is 0 Å². The molecular formula is C13H17BrN2S. The molecule has 4 heteroatoms. The Morgan fingerprint density at radius 2 is 2.12 bits per heavy atom. The Morgan fingerprint density at radius 3 is 2.65 bits per heavy atom. The molecule has 0 aliphatic heterocycles. The number of hydrogen-bond acceptors (Lipinski definition) is 1. The molecule has 2 N–H and O–H groups in total. The van der Waals surface area contributed by atoms with Crippen molar-refractivity contribution in [1.82, 2.24) is 10.6 Å². The van der Waals surface area contributed by atoms with Crippen LogP contribution in [0, 0.1) is 0 Å². The molecule has 17 heavy (non-hydrogen) atoms. The summed E-state index contributed by atoms with van der Waals surface area (Å²) >= 11 is 8.64. The van der Waals surface area contributed by atoms with Crippen LogP contribution in [0.2, 0.25) is 0 Å². The fourth-order valence-electron chi connectivity index (χ4n) is 1.49. The fourth-order valence-corrected chi connectivity index (χ4v) is 1.98. The Hall–Kier alpha value is -0.870. The Bertz CT molecular complexity index is 376. The van der Waals surface area contributed by atoms with Crippen LogP contribution in [0.25, 0.3) is 0 Å². The smallest absolute Gasteiger partial charge is 0.167 e. The van der Waals surface area contributed by atoms with Gasteiger partial charge in [-0.3, -0.25) is 0 Å². The second-order valence-electron chi connectivity index (χ2n) is 3.66. The van der Waals surface area contributed by atoms with Gasteiger partial charge >= 0.3 is 0 Å². The number of hydrogen-bond donors (Lipinski definition) is 2. The van der Waals surface area contributed by atoms with Crippen LogP contribution in [0.5, 0.6) is 0 Å². The van der Waals surface area contributed by atoms with Crippen LogP contribution in [0.3, 0.4) is 0 Å².